The summed E-state index contributed by atoms with van der Waals surface area (Å²) in [5, 5.41) is 9.24. The summed E-state index contributed by atoms with van der Waals surface area (Å²) in [7, 11) is 0. The highest BCUT2D eigenvalue weighted by atomic mass is 32.1. The predicted octanol–water partition coefficient (Wildman–Crippen LogP) is 3.72. The molecule has 0 saturated heterocycles. The highest BCUT2D eigenvalue weighted by Crippen LogP contribution is 2.24. The first kappa shape index (κ1) is 15.5. The molecule has 0 bridgehead atoms. The molecular formula is C18H15N5OS. The molecule has 0 saturated carbocycles. The smallest absolute Gasteiger partial charge is 0.277 e. The van der Waals surface area contributed by atoms with E-state index >= 15 is 0 Å². The number of fused-ring (bicyclic) bond motifs is 1. The predicted molar refractivity (Wildman–Crippen MR) is 98.0 cm³/mol. The first-order valence-corrected chi connectivity index (χ1v) is 8.63. The van der Waals surface area contributed by atoms with Crippen molar-refractivity contribution in [3.63, 3.8) is 0 Å². The van der Waals surface area contributed by atoms with Crippen LogP contribution in [-0.2, 0) is 0 Å². The van der Waals surface area contributed by atoms with E-state index in [9.17, 15) is 4.79 Å². The number of anilines is 1. The Morgan fingerprint density at radius 1 is 1.20 bits per heavy atom. The molecule has 0 unspecified atom stereocenters. The molecule has 4 heterocycles. The van der Waals surface area contributed by atoms with Gasteiger partial charge in [0, 0.05) is 18.0 Å². The average molecular weight is 349 g/mol. The number of pyridine rings is 1. The molecule has 0 aliphatic heterocycles. The van der Waals surface area contributed by atoms with Crippen LogP contribution in [0.25, 0.3) is 16.2 Å². The first-order chi connectivity index (χ1) is 12.1. The van der Waals surface area contributed by atoms with E-state index in [4.69, 9.17) is 0 Å². The third-order valence-corrected chi connectivity index (χ3v) is 4.60. The van der Waals surface area contributed by atoms with E-state index in [1.165, 1.54) is 0 Å². The zero-order valence-corrected chi connectivity index (χ0v) is 14.5. The van der Waals surface area contributed by atoms with Crippen LogP contribution in [0, 0.1) is 13.8 Å². The monoisotopic (exact) mass is 349 g/mol. The molecule has 0 aromatic carbocycles. The molecule has 4 aromatic rings. The molecule has 25 heavy (non-hydrogen) atoms. The fraction of sp³-hybridized carbons (Fsp3) is 0.111. The van der Waals surface area contributed by atoms with Crippen molar-refractivity contribution in [2.24, 2.45) is 0 Å². The molecule has 1 amide bonds. The topological polar surface area (TPSA) is 72.2 Å². The fourth-order valence-corrected chi connectivity index (χ4v) is 3.44. The Morgan fingerprint density at radius 2 is 2.08 bits per heavy atom. The number of hydrogen-bond acceptors (Lipinski definition) is 5. The van der Waals surface area contributed by atoms with Crippen LogP contribution in [-0.4, -0.2) is 25.5 Å². The second-order valence-electron chi connectivity index (χ2n) is 5.73. The lowest BCUT2D eigenvalue weighted by atomic mass is 10.2. The maximum absolute atomic E-state index is 12.6. The molecule has 0 atom stereocenters. The minimum absolute atomic E-state index is 0.303. The molecule has 6 nitrogen and oxygen atoms in total. The number of thiophene rings is 1. The van der Waals surface area contributed by atoms with E-state index in [2.05, 4.69) is 20.4 Å². The number of carbonyl (C=O) groups excluding carboxylic acids is 1. The number of rotatable bonds is 3. The Hall–Kier alpha value is -3.06. The lowest BCUT2D eigenvalue weighted by molar-refractivity contribution is 0.102. The number of aromatic nitrogens is 4. The Labute approximate surface area is 148 Å². The van der Waals surface area contributed by atoms with Crippen LogP contribution in [0.4, 0.5) is 5.82 Å². The third kappa shape index (κ3) is 3.01. The molecule has 4 aromatic heterocycles. The SMILES string of the molecule is Cc1cc(C)nc(NC(=O)c2cc3nccc(-c4cccs4)n3n2)c1. The van der Waals surface area contributed by atoms with Crippen LogP contribution in [0.5, 0.6) is 0 Å². The molecular weight excluding hydrogens is 334 g/mol. The van der Waals surface area contributed by atoms with E-state index < -0.39 is 0 Å². The highest BCUT2D eigenvalue weighted by molar-refractivity contribution is 7.13. The maximum Gasteiger partial charge on any atom is 0.277 e. The number of amides is 1. The van der Waals surface area contributed by atoms with Gasteiger partial charge in [0.2, 0.25) is 0 Å². The Morgan fingerprint density at radius 3 is 2.84 bits per heavy atom. The van der Waals surface area contributed by atoms with E-state index in [1.807, 2.05) is 49.6 Å². The molecule has 1 N–H and O–H groups in total. The van der Waals surface area contributed by atoms with Gasteiger partial charge in [-0.25, -0.2) is 14.5 Å². The van der Waals surface area contributed by atoms with Crippen molar-refractivity contribution in [3.8, 4) is 10.6 Å². The number of nitrogens with zero attached hydrogens (tertiary/aromatic N) is 4. The van der Waals surface area contributed by atoms with Gasteiger partial charge in [0.1, 0.15) is 5.82 Å². The van der Waals surface area contributed by atoms with Gasteiger partial charge >= 0.3 is 0 Å². The zero-order valence-electron chi connectivity index (χ0n) is 13.7. The van der Waals surface area contributed by atoms with Crippen molar-refractivity contribution in [2.75, 3.05) is 5.32 Å². The van der Waals surface area contributed by atoms with Gasteiger partial charge in [0.15, 0.2) is 11.3 Å². The van der Waals surface area contributed by atoms with Gasteiger partial charge < -0.3 is 5.32 Å². The van der Waals surface area contributed by atoms with Crippen LogP contribution >= 0.6 is 11.3 Å². The number of hydrogen-bond donors (Lipinski definition) is 1. The molecule has 0 aliphatic rings. The summed E-state index contributed by atoms with van der Waals surface area (Å²) in [5.41, 5.74) is 3.73. The van der Waals surface area contributed by atoms with E-state index in [1.54, 1.807) is 28.1 Å². The van der Waals surface area contributed by atoms with Crippen molar-refractivity contribution in [1.82, 2.24) is 19.6 Å². The summed E-state index contributed by atoms with van der Waals surface area (Å²) < 4.78 is 1.69. The van der Waals surface area contributed by atoms with Crippen LogP contribution in [0.1, 0.15) is 21.7 Å². The average Bonchev–Trinajstić information content (AvgIpc) is 3.23. The largest absolute Gasteiger partial charge is 0.305 e. The van der Waals surface area contributed by atoms with Crippen LogP contribution in [0.15, 0.2) is 48.0 Å². The molecule has 0 fully saturated rings. The van der Waals surface area contributed by atoms with Crippen LogP contribution in [0.2, 0.25) is 0 Å². The minimum Gasteiger partial charge on any atom is -0.305 e. The lowest BCUT2D eigenvalue weighted by Crippen LogP contribution is -2.14. The summed E-state index contributed by atoms with van der Waals surface area (Å²) in [6, 6.07) is 11.3. The summed E-state index contributed by atoms with van der Waals surface area (Å²) in [6.45, 7) is 3.86. The summed E-state index contributed by atoms with van der Waals surface area (Å²) >= 11 is 1.62. The Kier molecular flexibility index (Phi) is 3.77. The van der Waals surface area contributed by atoms with E-state index in [0.29, 0.717) is 17.2 Å². The zero-order chi connectivity index (χ0) is 17.4. The normalized spacial score (nSPS) is 11.0. The number of nitrogens with one attached hydrogen (secondary N) is 1. The fourth-order valence-electron chi connectivity index (χ4n) is 2.70. The summed E-state index contributed by atoms with van der Waals surface area (Å²) in [5.74, 6) is 0.214. The molecule has 124 valence electrons. The Bertz CT molecular complexity index is 1050. The van der Waals surface area contributed by atoms with Gasteiger partial charge in [-0.3, -0.25) is 4.79 Å². The van der Waals surface area contributed by atoms with Crippen molar-refractivity contribution < 1.29 is 4.79 Å². The number of aryl methyl sites for hydroxylation is 2. The standard InChI is InChI=1S/C18H15N5OS/c1-11-8-12(2)20-16(9-11)21-18(24)13-10-17-19-6-5-14(23(17)22-13)15-4-3-7-25-15/h3-10H,1-2H3,(H,20,21,24). The molecule has 7 heteroatoms. The van der Waals surface area contributed by atoms with Gasteiger partial charge in [0.05, 0.1) is 10.6 Å². The Balaban J connectivity index is 1.70. The lowest BCUT2D eigenvalue weighted by Gasteiger charge is -2.04. The molecule has 0 radical (unpaired) electrons. The molecule has 0 spiro atoms. The van der Waals surface area contributed by atoms with Crippen molar-refractivity contribution in [1.29, 1.82) is 0 Å². The molecule has 4 rings (SSSR count). The quantitative estimate of drug-likeness (QED) is 0.612. The summed E-state index contributed by atoms with van der Waals surface area (Å²) in [6.07, 6.45) is 1.72. The van der Waals surface area contributed by atoms with E-state index in [-0.39, 0.29) is 5.91 Å². The van der Waals surface area contributed by atoms with Crippen molar-refractivity contribution >= 4 is 28.7 Å². The van der Waals surface area contributed by atoms with Gasteiger partial charge in [-0.2, -0.15) is 5.10 Å². The third-order valence-electron chi connectivity index (χ3n) is 3.70. The second-order valence-corrected chi connectivity index (χ2v) is 6.68. The van der Waals surface area contributed by atoms with Crippen LogP contribution < -0.4 is 5.32 Å². The van der Waals surface area contributed by atoms with Gasteiger partial charge in [-0.15, -0.1) is 11.3 Å². The second kappa shape index (κ2) is 6.10. The first-order valence-electron chi connectivity index (χ1n) is 7.75. The number of carbonyl (C=O) groups is 1. The van der Waals surface area contributed by atoms with Gasteiger partial charge in [-0.05, 0) is 49.1 Å². The minimum atomic E-state index is -0.305. The highest BCUT2D eigenvalue weighted by Gasteiger charge is 2.15. The van der Waals surface area contributed by atoms with Gasteiger partial charge in [-0.1, -0.05) is 6.07 Å². The van der Waals surface area contributed by atoms with E-state index in [0.717, 1.165) is 21.8 Å². The van der Waals surface area contributed by atoms with Gasteiger partial charge in [0.25, 0.3) is 5.91 Å². The maximum atomic E-state index is 12.6. The van der Waals surface area contributed by atoms with Crippen molar-refractivity contribution in [2.45, 2.75) is 13.8 Å². The van der Waals surface area contributed by atoms with Crippen molar-refractivity contribution in [3.05, 3.63) is 64.9 Å². The summed E-state index contributed by atoms with van der Waals surface area (Å²) in [4.78, 5) is 22.3. The van der Waals surface area contributed by atoms with Crippen LogP contribution in [0.3, 0.4) is 0 Å². The molecule has 0 aliphatic carbocycles.